The summed E-state index contributed by atoms with van der Waals surface area (Å²) in [5.74, 6) is 0.554. The zero-order valence-corrected chi connectivity index (χ0v) is 13.4. The summed E-state index contributed by atoms with van der Waals surface area (Å²) in [5, 5.41) is 0. The Labute approximate surface area is 128 Å². The van der Waals surface area contributed by atoms with E-state index in [0.29, 0.717) is 5.91 Å². The molecule has 0 aromatic heterocycles. The summed E-state index contributed by atoms with van der Waals surface area (Å²) in [6, 6.07) is 10.6. The van der Waals surface area contributed by atoms with Crippen LogP contribution in [0.15, 0.2) is 30.3 Å². The Bertz CT molecular complexity index is 428. The summed E-state index contributed by atoms with van der Waals surface area (Å²) in [4.78, 5) is 16.9. The van der Waals surface area contributed by atoms with Gasteiger partial charge in [-0.1, -0.05) is 30.3 Å². The summed E-state index contributed by atoms with van der Waals surface area (Å²) in [6.07, 6.45) is 3.27. The molecule has 1 aliphatic rings. The van der Waals surface area contributed by atoms with E-state index in [1.54, 1.807) is 0 Å². The Balaban J connectivity index is 1.84. The first-order chi connectivity index (χ1) is 10.2. The Kier molecular flexibility index (Phi) is 6.24. The first kappa shape index (κ1) is 16.0. The molecule has 0 aliphatic carbocycles. The van der Waals surface area contributed by atoms with Crippen molar-refractivity contribution < 1.29 is 4.79 Å². The highest BCUT2D eigenvalue weighted by Crippen LogP contribution is 2.19. The second-order valence-corrected chi connectivity index (χ2v) is 5.89. The third-order valence-electron chi connectivity index (χ3n) is 4.49. The largest absolute Gasteiger partial charge is 0.343 e. The van der Waals surface area contributed by atoms with Gasteiger partial charge in [-0.05, 0) is 45.2 Å². The van der Waals surface area contributed by atoms with E-state index >= 15 is 0 Å². The highest BCUT2D eigenvalue weighted by atomic mass is 16.2. The summed E-state index contributed by atoms with van der Waals surface area (Å²) < 4.78 is 0. The van der Waals surface area contributed by atoms with Gasteiger partial charge >= 0.3 is 0 Å². The van der Waals surface area contributed by atoms with E-state index < -0.39 is 0 Å². The van der Waals surface area contributed by atoms with E-state index in [9.17, 15) is 4.79 Å². The van der Waals surface area contributed by atoms with Gasteiger partial charge in [-0.15, -0.1) is 0 Å². The number of carbonyl (C=O) groups excluding carboxylic acids is 1. The molecule has 1 amide bonds. The molecule has 0 unspecified atom stereocenters. The fourth-order valence-corrected chi connectivity index (χ4v) is 3.19. The van der Waals surface area contributed by atoms with Gasteiger partial charge < -0.3 is 9.80 Å². The van der Waals surface area contributed by atoms with Crippen LogP contribution in [0.4, 0.5) is 0 Å². The minimum atomic E-state index is 0.203. The molecule has 1 aromatic carbocycles. The Morgan fingerprint density at radius 2 is 1.95 bits per heavy atom. The van der Waals surface area contributed by atoms with Gasteiger partial charge in [-0.2, -0.15) is 0 Å². The lowest BCUT2D eigenvalue weighted by atomic mass is 9.96. The van der Waals surface area contributed by atoms with Gasteiger partial charge in [0, 0.05) is 26.2 Å². The van der Waals surface area contributed by atoms with Gasteiger partial charge in [0.25, 0.3) is 0 Å². The predicted octanol–water partition coefficient (Wildman–Crippen LogP) is 2.81. The number of amides is 1. The molecule has 3 nitrogen and oxygen atoms in total. The van der Waals surface area contributed by atoms with Crippen LogP contribution in [0.5, 0.6) is 0 Å². The Morgan fingerprint density at radius 1 is 1.24 bits per heavy atom. The molecule has 0 radical (unpaired) electrons. The highest BCUT2D eigenvalue weighted by molar-refractivity contribution is 5.79. The molecule has 0 N–H and O–H groups in total. The monoisotopic (exact) mass is 288 g/mol. The van der Waals surface area contributed by atoms with Crippen LogP contribution in [-0.4, -0.2) is 48.4 Å². The lowest BCUT2D eigenvalue weighted by Gasteiger charge is -2.34. The molecule has 1 saturated heterocycles. The second kappa shape index (κ2) is 8.18. The van der Waals surface area contributed by atoms with Gasteiger partial charge in [0.05, 0.1) is 5.92 Å². The Morgan fingerprint density at radius 3 is 2.62 bits per heavy atom. The standard InChI is InChI=1S/C18H28N2O/c1-3-20(4-2)18(21)17-11-8-13-19(15-17)14-12-16-9-6-5-7-10-16/h5-7,9-10,17H,3-4,8,11-15H2,1-2H3/t17-/m1/s1. The van der Waals surface area contributed by atoms with E-state index in [4.69, 9.17) is 0 Å². The number of nitrogens with zero attached hydrogens (tertiary/aromatic N) is 2. The SMILES string of the molecule is CCN(CC)C(=O)[C@@H]1CCCN(CCc2ccccc2)C1. The van der Waals surface area contributed by atoms with Gasteiger partial charge in [0.1, 0.15) is 0 Å². The molecule has 1 aliphatic heterocycles. The number of piperidine rings is 1. The van der Waals surface area contributed by atoms with Crippen molar-refractivity contribution in [3.05, 3.63) is 35.9 Å². The van der Waals surface area contributed by atoms with Crippen molar-refractivity contribution in [3.8, 4) is 0 Å². The number of benzene rings is 1. The zero-order chi connectivity index (χ0) is 15.1. The molecule has 3 heteroatoms. The lowest BCUT2D eigenvalue weighted by Crippen LogP contribution is -2.45. The van der Waals surface area contributed by atoms with E-state index in [-0.39, 0.29) is 5.92 Å². The van der Waals surface area contributed by atoms with E-state index in [1.165, 1.54) is 5.56 Å². The van der Waals surface area contributed by atoms with Crippen molar-refractivity contribution in [1.29, 1.82) is 0 Å². The van der Waals surface area contributed by atoms with Crippen LogP contribution in [0, 0.1) is 5.92 Å². The predicted molar refractivity (Wildman–Crippen MR) is 87.2 cm³/mol. The van der Waals surface area contributed by atoms with Crippen molar-refractivity contribution in [3.63, 3.8) is 0 Å². The molecule has 0 saturated carbocycles. The second-order valence-electron chi connectivity index (χ2n) is 5.89. The van der Waals surface area contributed by atoms with Gasteiger partial charge in [-0.25, -0.2) is 0 Å². The summed E-state index contributed by atoms with van der Waals surface area (Å²) in [7, 11) is 0. The van der Waals surface area contributed by atoms with E-state index in [1.807, 2.05) is 4.90 Å². The summed E-state index contributed by atoms with van der Waals surface area (Å²) >= 11 is 0. The van der Waals surface area contributed by atoms with Crippen molar-refractivity contribution in [2.75, 3.05) is 32.7 Å². The molecule has 1 atom stereocenters. The molecular formula is C18H28N2O. The number of likely N-dealkylation sites (tertiary alicyclic amines) is 1. The Hall–Kier alpha value is -1.35. The number of hydrogen-bond acceptors (Lipinski definition) is 2. The third-order valence-corrected chi connectivity index (χ3v) is 4.49. The molecule has 21 heavy (non-hydrogen) atoms. The molecule has 0 bridgehead atoms. The van der Waals surface area contributed by atoms with E-state index in [0.717, 1.165) is 52.0 Å². The molecule has 1 heterocycles. The van der Waals surface area contributed by atoms with Crippen LogP contribution in [0.1, 0.15) is 32.3 Å². The van der Waals surface area contributed by atoms with E-state index in [2.05, 4.69) is 49.1 Å². The van der Waals surface area contributed by atoms with Crippen LogP contribution in [0.2, 0.25) is 0 Å². The molecule has 1 aromatic rings. The highest BCUT2D eigenvalue weighted by Gasteiger charge is 2.27. The molecule has 0 spiro atoms. The average Bonchev–Trinajstić information content (AvgIpc) is 2.55. The fourth-order valence-electron chi connectivity index (χ4n) is 3.19. The van der Waals surface area contributed by atoms with Crippen molar-refractivity contribution in [2.45, 2.75) is 33.1 Å². The maximum atomic E-state index is 12.5. The molecule has 2 rings (SSSR count). The van der Waals surface area contributed by atoms with Crippen LogP contribution in [0.25, 0.3) is 0 Å². The minimum absolute atomic E-state index is 0.203. The van der Waals surface area contributed by atoms with Crippen molar-refractivity contribution >= 4 is 5.91 Å². The first-order valence-electron chi connectivity index (χ1n) is 8.29. The first-order valence-corrected chi connectivity index (χ1v) is 8.29. The minimum Gasteiger partial charge on any atom is -0.343 e. The lowest BCUT2D eigenvalue weighted by molar-refractivity contribution is -0.136. The van der Waals surface area contributed by atoms with Gasteiger partial charge in [-0.3, -0.25) is 4.79 Å². The number of carbonyl (C=O) groups is 1. The van der Waals surface area contributed by atoms with Crippen LogP contribution < -0.4 is 0 Å². The smallest absolute Gasteiger partial charge is 0.226 e. The zero-order valence-electron chi connectivity index (χ0n) is 13.4. The quantitative estimate of drug-likeness (QED) is 0.803. The van der Waals surface area contributed by atoms with Crippen LogP contribution in [0.3, 0.4) is 0 Å². The maximum absolute atomic E-state index is 12.5. The molecular weight excluding hydrogens is 260 g/mol. The average molecular weight is 288 g/mol. The molecule has 1 fully saturated rings. The topological polar surface area (TPSA) is 23.6 Å². The molecule has 116 valence electrons. The van der Waals surface area contributed by atoms with Gasteiger partial charge in [0.2, 0.25) is 5.91 Å². The number of hydrogen-bond donors (Lipinski definition) is 0. The van der Waals surface area contributed by atoms with Gasteiger partial charge in [0.15, 0.2) is 0 Å². The fraction of sp³-hybridized carbons (Fsp3) is 0.611. The number of rotatable bonds is 6. The van der Waals surface area contributed by atoms with Crippen LogP contribution in [-0.2, 0) is 11.2 Å². The summed E-state index contributed by atoms with van der Waals surface area (Å²) in [5.41, 5.74) is 1.38. The normalized spacial score (nSPS) is 19.4. The van der Waals surface area contributed by atoms with Crippen LogP contribution >= 0.6 is 0 Å². The van der Waals surface area contributed by atoms with Crippen molar-refractivity contribution in [1.82, 2.24) is 9.80 Å². The summed E-state index contributed by atoms with van der Waals surface area (Å²) in [6.45, 7) is 8.92. The maximum Gasteiger partial charge on any atom is 0.226 e. The third kappa shape index (κ3) is 4.57. The van der Waals surface area contributed by atoms with Crippen molar-refractivity contribution in [2.24, 2.45) is 5.92 Å².